The molecule has 2 nitrogen and oxygen atoms in total. The van der Waals surface area contributed by atoms with Gasteiger partial charge in [-0.15, -0.1) is 0 Å². The Kier molecular flexibility index (Phi) is 4.15. The summed E-state index contributed by atoms with van der Waals surface area (Å²) < 4.78 is 49.3. The van der Waals surface area contributed by atoms with Crippen LogP contribution in [0.2, 0.25) is 0 Å². The number of aryl methyl sites for hydroxylation is 1. The first-order chi connectivity index (χ1) is 9.41. The first-order valence-electron chi connectivity index (χ1n) is 6.63. The van der Waals surface area contributed by atoms with Gasteiger partial charge in [0.25, 0.3) is 0 Å². The molecule has 1 heterocycles. The Balaban J connectivity index is 2.31. The maximum absolute atomic E-state index is 12.5. The molecule has 0 amide bonds. The molecule has 2 rings (SSSR count). The Morgan fingerprint density at radius 3 is 2.05 bits per heavy atom. The molecule has 1 aliphatic heterocycles. The molecular weight excluding hydrogens is 300 g/mol. The van der Waals surface area contributed by atoms with E-state index in [1.807, 2.05) is 34.6 Å². The van der Waals surface area contributed by atoms with E-state index in [4.69, 9.17) is 9.31 Å². The highest BCUT2D eigenvalue weighted by atomic mass is 32.2. The van der Waals surface area contributed by atoms with Crippen LogP contribution in [-0.2, 0) is 9.31 Å². The smallest absolute Gasteiger partial charge is 0.399 e. The van der Waals surface area contributed by atoms with Gasteiger partial charge < -0.3 is 9.31 Å². The van der Waals surface area contributed by atoms with Crippen molar-refractivity contribution in [2.45, 2.75) is 56.2 Å². The number of alkyl halides is 3. The lowest BCUT2D eigenvalue weighted by molar-refractivity contribution is -0.0328. The fourth-order valence-corrected chi connectivity index (χ4v) is 2.63. The third-order valence-corrected chi connectivity index (χ3v) is 4.71. The van der Waals surface area contributed by atoms with Gasteiger partial charge >= 0.3 is 12.6 Å². The van der Waals surface area contributed by atoms with Gasteiger partial charge in [0, 0.05) is 4.90 Å². The molecule has 0 radical (unpaired) electrons. The third-order valence-electron chi connectivity index (χ3n) is 3.99. The van der Waals surface area contributed by atoms with E-state index < -0.39 is 23.8 Å². The molecule has 7 heteroatoms. The normalized spacial score (nSPS) is 20.9. The zero-order chi connectivity index (χ0) is 16.1. The largest absolute Gasteiger partial charge is 0.495 e. The van der Waals surface area contributed by atoms with Gasteiger partial charge in [-0.25, -0.2) is 0 Å². The molecule has 1 aromatic carbocycles. The summed E-state index contributed by atoms with van der Waals surface area (Å²) >= 11 is -0.129. The summed E-state index contributed by atoms with van der Waals surface area (Å²) in [6.07, 6.45) is 0. The van der Waals surface area contributed by atoms with Gasteiger partial charge in [0.05, 0.1) is 11.2 Å². The van der Waals surface area contributed by atoms with Crippen molar-refractivity contribution in [2.75, 3.05) is 0 Å². The number of benzene rings is 1. The second kappa shape index (κ2) is 5.21. The number of hydrogen-bond acceptors (Lipinski definition) is 3. The topological polar surface area (TPSA) is 18.5 Å². The van der Waals surface area contributed by atoms with Gasteiger partial charge in [-0.05, 0) is 64.0 Å². The van der Waals surface area contributed by atoms with Crippen LogP contribution < -0.4 is 5.46 Å². The minimum Gasteiger partial charge on any atom is -0.399 e. The van der Waals surface area contributed by atoms with Crippen molar-refractivity contribution in [1.82, 2.24) is 0 Å². The number of thioether (sulfide) groups is 1. The van der Waals surface area contributed by atoms with E-state index >= 15 is 0 Å². The Bertz CT molecular complexity index is 528. The van der Waals surface area contributed by atoms with Gasteiger partial charge in [0.2, 0.25) is 0 Å². The van der Waals surface area contributed by atoms with Crippen LogP contribution in [0.5, 0.6) is 0 Å². The van der Waals surface area contributed by atoms with Gasteiger partial charge in [-0.2, -0.15) is 13.2 Å². The molecule has 0 unspecified atom stereocenters. The Hall–Kier alpha value is -0.655. The van der Waals surface area contributed by atoms with Crippen LogP contribution >= 0.6 is 11.8 Å². The molecule has 1 fully saturated rings. The predicted molar refractivity (Wildman–Crippen MR) is 78.8 cm³/mol. The molecule has 0 atom stereocenters. The quantitative estimate of drug-likeness (QED) is 0.608. The Morgan fingerprint density at radius 1 is 1.05 bits per heavy atom. The zero-order valence-electron chi connectivity index (χ0n) is 12.7. The van der Waals surface area contributed by atoms with E-state index in [9.17, 15) is 13.2 Å². The first kappa shape index (κ1) is 16.7. The fraction of sp³-hybridized carbons (Fsp3) is 0.571. The average molecular weight is 318 g/mol. The molecule has 0 N–H and O–H groups in total. The standard InChI is InChI=1S/C14H18BF3O2S/c1-9-6-7-10(21-14(16,17)18)8-11(9)15-19-12(2,3)13(4,5)20-15/h6-8H,1-5H3. The molecule has 0 aliphatic carbocycles. The lowest BCUT2D eigenvalue weighted by Crippen LogP contribution is -2.41. The summed E-state index contributed by atoms with van der Waals surface area (Å²) in [5.74, 6) is 0. The number of rotatable bonds is 2. The van der Waals surface area contributed by atoms with Crippen LogP contribution in [0.4, 0.5) is 13.2 Å². The van der Waals surface area contributed by atoms with Crippen LogP contribution in [0.3, 0.4) is 0 Å². The molecule has 0 saturated carbocycles. The van der Waals surface area contributed by atoms with E-state index in [-0.39, 0.29) is 16.7 Å². The van der Waals surface area contributed by atoms with E-state index in [1.54, 1.807) is 6.07 Å². The molecule has 0 spiro atoms. The summed E-state index contributed by atoms with van der Waals surface area (Å²) in [5, 5.41) is 0. The lowest BCUT2D eigenvalue weighted by Gasteiger charge is -2.32. The SMILES string of the molecule is Cc1ccc(SC(F)(F)F)cc1B1OC(C)(C)C(C)(C)O1. The van der Waals surface area contributed by atoms with Gasteiger partial charge in [-0.1, -0.05) is 11.6 Å². The van der Waals surface area contributed by atoms with E-state index in [0.29, 0.717) is 5.46 Å². The minimum atomic E-state index is -4.30. The van der Waals surface area contributed by atoms with Crippen molar-refractivity contribution in [3.8, 4) is 0 Å². The summed E-state index contributed by atoms with van der Waals surface area (Å²) in [7, 11) is -0.649. The van der Waals surface area contributed by atoms with Crippen molar-refractivity contribution in [3.63, 3.8) is 0 Å². The maximum atomic E-state index is 12.5. The molecule has 1 aliphatic rings. The molecule has 116 valence electrons. The second-order valence-electron chi connectivity index (χ2n) is 6.15. The molecule has 1 aromatic rings. The summed E-state index contributed by atoms with van der Waals surface area (Å²) in [4.78, 5) is 0.137. The summed E-state index contributed by atoms with van der Waals surface area (Å²) in [6, 6.07) is 4.62. The molecular formula is C14H18BF3O2S. The van der Waals surface area contributed by atoms with E-state index in [1.165, 1.54) is 12.1 Å². The fourth-order valence-electron chi connectivity index (χ4n) is 2.04. The van der Waals surface area contributed by atoms with Crippen LogP contribution in [0.25, 0.3) is 0 Å². The van der Waals surface area contributed by atoms with Crippen LogP contribution in [0.15, 0.2) is 23.1 Å². The van der Waals surface area contributed by atoms with Crippen molar-refractivity contribution >= 4 is 24.3 Å². The molecule has 21 heavy (non-hydrogen) atoms. The van der Waals surface area contributed by atoms with Crippen LogP contribution in [-0.4, -0.2) is 23.8 Å². The highest BCUT2D eigenvalue weighted by Crippen LogP contribution is 2.39. The Morgan fingerprint density at radius 2 is 1.57 bits per heavy atom. The van der Waals surface area contributed by atoms with Gasteiger partial charge in [0.15, 0.2) is 0 Å². The summed E-state index contributed by atoms with van der Waals surface area (Å²) in [5.41, 5.74) is -3.85. The zero-order valence-corrected chi connectivity index (χ0v) is 13.5. The monoisotopic (exact) mass is 318 g/mol. The van der Waals surface area contributed by atoms with Crippen molar-refractivity contribution in [1.29, 1.82) is 0 Å². The minimum absolute atomic E-state index is 0.129. The van der Waals surface area contributed by atoms with Crippen LogP contribution in [0.1, 0.15) is 33.3 Å². The van der Waals surface area contributed by atoms with Crippen molar-refractivity contribution < 1.29 is 22.5 Å². The first-order valence-corrected chi connectivity index (χ1v) is 7.45. The molecule has 0 aromatic heterocycles. The van der Waals surface area contributed by atoms with Crippen LogP contribution in [0, 0.1) is 6.92 Å². The second-order valence-corrected chi connectivity index (χ2v) is 7.29. The highest BCUT2D eigenvalue weighted by Gasteiger charge is 2.52. The predicted octanol–water partition coefficient (Wildman–Crippen LogP) is 3.91. The van der Waals surface area contributed by atoms with Crippen molar-refractivity contribution in [2.24, 2.45) is 0 Å². The highest BCUT2D eigenvalue weighted by molar-refractivity contribution is 8.00. The molecule has 1 saturated heterocycles. The van der Waals surface area contributed by atoms with E-state index in [0.717, 1.165) is 5.56 Å². The molecule has 0 bridgehead atoms. The van der Waals surface area contributed by atoms with Gasteiger partial charge in [-0.3, -0.25) is 0 Å². The third kappa shape index (κ3) is 3.58. The average Bonchev–Trinajstić information content (AvgIpc) is 2.49. The summed E-state index contributed by atoms with van der Waals surface area (Å²) in [6.45, 7) is 9.49. The number of hydrogen-bond donors (Lipinski definition) is 0. The van der Waals surface area contributed by atoms with E-state index in [2.05, 4.69) is 0 Å². The Labute approximate surface area is 127 Å². The maximum Gasteiger partial charge on any atom is 0.495 e. The lowest BCUT2D eigenvalue weighted by atomic mass is 9.76. The van der Waals surface area contributed by atoms with Gasteiger partial charge in [0.1, 0.15) is 0 Å². The van der Waals surface area contributed by atoms with Crippen molar-refractivity contribution in [3.05, 3.63) is 23.8 Å². The number of halogens is 3.